The van der Waals surface area contributed by atoms with E-state index in [0.29, 0.717) is 32.2 Å². The number of carbonyl (C=O) groups is 1. The number of benzene rings is 1. The van der Waals surface area contributed by atoms with Gasteiger partial charge in [0, 0.05) is 38.3 Å². The molecule has 8 heteroatoms. The predicted molar refractivity (Wildman–Crippen MR) is 94.9 cm³/mol. The predicted octanol–water partition coefficient (Wildman–Crippen LogP) is 1.58. The third-order valence-electron chi connectivity index (χ3n) is 5.69. The standard InChI is InChI=1S/C18H24FN3O3S/c19-17-11-15(5-6-16(17)18(23)21-8-1-2-9-21)26(24,25)22-10-7-13-3-4-14(12-22)20-13/h5-6,11,13-14,20H,1-4,7-10,12H2. The highest BCUT2D eigenvalue weighted by Gasteiger charge is 2.35. The van der Waals surface area contributed by atoms with Crippen LogP contribution in [0.4, 0.5) is 4.39 Å². The van der Waals surface area contributed by atoms with Crippen LogP contribution in [0.5, 0.6) is 0 Å². The molecule has 3 aliphatic heterocycles. The number of hydrogen-bond acceptors (Lipinski definition) is 4. The van der Waals surface area contributed by atoms with E-state index in [2.05, 4.69) is 5.32 Å². The van der Waals surface area contributed by atoms with Gasteiger partial charge in [-0.05, 0) is 50.3 Å². The van der Waals surface area contributed by atoms with Gasteiger partial charge in [0.15, 0.2) is 0 Å². The van der Waals surface area contributed by atoms with Crippen LogP contribution in [0.15, 0.2) is 23.1 Å². The van der Waals surface area contributed by atoms with Crippen molar-refractivity contribution in [3.63, 3.8) is 0 Å². The molecule has 3 heterocycles. The lowest BCUT2D eigenvalue weighted by molar-refractivity contribution is 0.0788. The molecule has 0 aromatic heterocycles. The molecule has 0 spiro atoms. The van der Waals surface area contributed by atoms with E-state index in [0.717, 1.165) is 38.2 Å². The lowest BCUT2D eigenvalue weighted by atomic mass is 10.1. The van der Waals surface area contributed by atoms with Gasteiger partial charge in [-0.3, -0.25) is 4.79 Å². The molecule has 3 fully saturated rings. The number of nitrogens with zero attached hydrogens (tertiary/aromatic N) is 2. The van der Waals surface area contributed by atoms with Crippen LogP contribution in [-0.4, -0.2) is 61.8 Å². The first-order valence-corrected chi connectivity index (χ1v) is 10.7. The van der Waals surface area contributed by atoms with Crippen LogP contribution in [0.25, 0.3) is 0 Å². The summed E-state index contributed by atoms with van der Waals surface area (Å²) in [5, 5.41) is 3.44. The molecular formula is C18H24FN3O3S. The van der Waals surface area contributed by atoms with Crippen LogP contribution < -0.4 is 5.32 Å². The Morgan fingerprint density at radius 2 is 1.81 bits per heavy atom. The lowest BCUT2D eigenvalue weighted by Gasteiger charge is -2.24. The molecule has 2 unspecified atom stereocenters. The topological polar surface area (TPSA) is 69.7 Å². The van der Waals surface area contributed by atoms with Gasteiger partial charge in [0.05, 0.1) is 10.5 Å². The molecule has 2 atom stereocenters. The third kappa shape index (κ3) is 3.25. The average Bonchev–Trinajstić information content (AvgIpc) is 3.23. The van der Waals surface area contributed by atoms with E-state index in [1.165, 1.54) is 16.4 Å². The van der Waals surface area contributed by atoms with E-state index >= 15 is 0 Å². The summed E-state index contributed by atoms with van der Waals surface area (Å²) in [6, 6.07) is 4.20. The average molecular weight is 381 g/mol. The van der Waals surface area contributed by atoms with Crippen LogP contribution >= 0.6 is 0 Å². The van der Waals surface area contributed by atoms with Crippen LogP contribution in [0.3, 0.4) is 0 Å². The van der Waals surface area contributed by atoms with Crippen molar-refractivity contribution >= 4 is 15.9 Å². The zero-order valence-corrected chi connectivity index (χ0v) is 15.5. The van der Waals surface area contributed by atoms with Crippen molar-refractivity contribution in [3.05, 3.63) is 29.6 Å². The van der Waals surface area contributed by atoms with Gasteiger partial charge in [0.25, 0.3) is 5.91 Å². The first kappa shape index (κ1) is 17.9. The molecule has 0 saturated carbocycles. The number of fused-ring (bicyclic) bond motifs is 2. The second-order valence-electron chi connectivity index (χ2n) is 7.43. The minimum atomic E-state index is -3.76. The second kappa shape index (κ2) is 6.90. The summed E-state index contributed by atoms with van der Waals surface area (Å²) in [6.45, 7) is 2.10. The Morgan fingerprint density at radius 1 is 1.08 bits per heavy atom. The van der Waals surface area contributed by atoms with Gasteiger partial charge in [-0.2, -0.15) is 4.31 Å². The molecule has 1 aromatic rings. The van der Waals surface area contributed by atoms with Crippen molar-refractivity contribution in [2.75, 3.05) is 26.2 Å². The van der Waals surface area contributed by atoms with Crippen molar-refractivity contribution in [1.29, 1.82) is 0 Å². The zero-order valence-electron chi connectivity index (χ0n) is 14.7. The number of rotatable bonds is 3. The molecule has 26 heavy (non-hydrogen) atoms. The van der Waals surface area contributed by atoms with Crippen molar-refractivity contribution in [2.24, 2.45) is 0 Å². The fraction of sp³-hybridized carbons (Fsp3) is 0.611. The smallest absolute Gasteiger partial charge is 0.256 e. The summed E-state index contributed by atoms with van der Waals surface area (Å²) >= 11 is 0. The number of carbonyl (C=O) groups excluding carboxylic acids is 1. The Bertz CT molecular complexity index is 808. The fourth-order valence-electron chi connectivity index (χ4n) is 4.20. The van der Waals surface area contributed by atoms with Crippen molar-refractivity contribution in [2.45, 2.75) is 49.1 Å². The molecule has 0 radical (unpaired) electrons. The number of amides is 1. The van der Waals surface area contributed by atoms with E-state index in [4.69, 9.17) is 0 Å². The Balaban J connectivity index is 1.56. The van der Waals surface area contributed by atoms with Crippen LogP contribution in [0.2, 0.25) is 0 Å². The molecule has 2 bridgehead atoms. The van der Waals surface area contributed by atoms with Gasteiger partial charge in [0.1, 0.15) is 5.82 Å². The summed E-state index contributed by atoms with van der Waals surface area (Å²) in [6.07, 6.45) is 4.66. The van der Waals surface area contributed by atoms with E-state index < -0.39 is 15.8 Å². The first-order valence-electron chi connectivity index (χ1n) is 9.30. The van der Waals surface area contributed by atoms with Crippen LogP contribution in [0.1, 0.15) is 42.5 Å². The van der Waals surface area contributed by atoms with Crippen LogP contribution in [0, 0.1) is 5.82 Å². The number of nitrogens with one attached hydrogen (secondary N) is 1. The van der Waals surface area contributed by atoms with Crippen molar-refractivity contribution < 1.29 is 17.6 Å². The summed E-state index contributed by atoms with van der Waals surface area (Å²) < 4.78 is 41.9. The minimum Gasteiger partial charge on any atom is -0.339 e. The highest BCUT2D eigenvalue weighted by atomic mass is 32.2. The van der Waals surface area contributed by atoms with E-state index in [9.17, 15) is 17.6 Å². The van der Waals surface area contributed by atoms with Crippen molar-refractivity contribution in [1.82, 2.24) is 14.5 Å². The molecule has 142 valence electrons. The summed E-state index contributed by atoms with van der Waals surface area (Å²) in [5.74, 6) is -1.13. The molecule has 1 N–H and O–H groups in total. The first-order chi connectivity index (χ1) is 12.4. The summed E-state index contributed by atoms with van der Waals surface area (Å²) in [7, 11) is -3.76. The van der Waals surface area contributed by atoms with Gasteiger partial charge >= 0.3 is 0 Å². The lowest BCUT2D eigenvalue weighted by Crippen LogP contribution is -2.39. The molecule has 3 saturated heterocycles. The van der Waals surface area contributed by atoms with E-state index in [-0.39, 0.29) is 22.4 Å². The Hall–Kier alpha value is -1.51. The van der Waals surface area contributed by atoms with E-state index in [1.807, 2.05) is 0 Å². The fourth-order valence-corrected chi connectivity index (χ4v) is 5.71. The van der Waals surface area contributed by atoms with Gasteiger partial charge in [-0.1, -0.05) is 0 Å². The highest BCUT2D eigenvalue weighted by Crippen LogP contribution is 2.26. The molecule has 6 nitrogen and oxygen atoms in total. The number of hydrogen-bond donors (Lipinski definition) is 1. The number of sulfonamides is 1. The molecule has 3 aliphatic rings. The molecule has 1 aromatic carbocycles. The highest BCUT2D eigenvalue weighted by molar-refractivity contribution is 7.89. The van der Waals surface area contributed by atoms with Crippen LogP contribution in [-0.2, 0) is 10.0 Å². The van der Waals surface area contributed by atoms with Gasteiger partial charge < -0.3 is 10.2 Å². The van der Waals surface area contributed by atoms with Gasteiger partial charge in [-0.15, -0.1) is 0 Å². The molecule has 1 amide bonds. The SMILES string of the molecule is O=C(c1ccc(S(=O)(=O)N2CCC3CCC(C2)N3)cc1F)N1CCCC1. The summed E-state index contributed by atoms with van der Waals surface area (Å²) in [5.41, 5.74) is -0.0533. The molecular weight excluding hydrogens is 357 g/mol. The molecule has 0 aliphatic carbocycles. The van der Waals surface area contributed by atoms with E-state index in [1.54, 1.807) is 4.90 Å². The monoisotopic (exact) mass is 381 g/mol. The minimum absolute atomic E-state index is 0.0533. The van der Waals surface area contributed by atoms with Crippen molar-refractivity contribution in [3.8, 4) is 0 Å². The Labute approximate surface area is 153 Å². The maximum atomic E-state index is 14.5. The number of halogens is 1. The largest absolute Gasteiger partial charge is 0.339 e. The normalized spacial score (nSPS) is 26.9. The Kier molecular flexibility index (Phi) is 4.75. The summed E-state index contributed by atoms with van der Waals surface area (Å²) in [4.78, 5) is 13.9. The molecule has 4 rings (SSSR count). The zero-order chi connectivity index (χ0) is 18.3. The third-order valence-corrected chi connectivity index (χ3v) is 7.55. The quantitative estimate of drug-likeness (QED) is 0.863. The second-order valence-corrected chi connectivity index (χ2v) is 9.37. The Morgan fingerprint density at radius 3 is 2.54 bits per heavy atom. The number of likely N-dealkylation sites (tertiary alicyclic amines) is 1. The van der Waals surface area contributed by atoms with Gasteiger partial charge in [0.2, 0.25) is 10.0 Å². The maximum absolute atomic E-state index is 14.5. The maximum Gasteiger partial charge on any atom is 0.256 e. The van der Waals surface area contributed by atoms with Gasteiger partial charge in [-0.25, -0.2) is 12.8 Å².